The Hall–Kier alpha value is -2.57. The Morgan fingerprint density at radius 2 is 2.10 bits per heavy atom. The summed E-state index contributed by atoms with van der Waals surface area (Å²) in [5, 5.41) is 0.184. The molecule has 3 heterocycles. The summed E-state index contributed by atoms with van der Waals surface area (Å²) in [5.74, 6) is -0.658. The third-order valence-corrected chi connectivity index (χ3v) is 7.93. The SMILES string of the molecule is CCOC(=O)c1c(NS(=O)(=O)c2cccc3nsnc23)sc2c1CCN(C(C)=O)C2. The summed E-state index contributed by atoms with van der Waals surface area (Å²) in [7, 11) is -4.03. The average Bonchev–Trinajstić information content (AvgIpc) is 3.30. The van der Waals surface area contributed by atoms with Gasteiger partial charge in [-0.2, -0.15) is 8.75 Å². The topological polar surface area (TPSA) is 119 Å². The molecule has 0 unspecified atom stereocenters. The molecule has 2 aromatic heterocycles. The van der Waals surface area contributed by atoms with Gasteiger partial charge in [-0.3, -0.25) is 9.52 Å². The van der Waals surface area contributed by atoms with E-state index in [9.17, 15) is 18.0 Å². The Labute approximate surface area is 181 Å². The maximum atomic E-state index is 13.1. The Kier molecular flexibility index (Phi) is 5.47. The van der Waals surface area contributed by atoms with E-state index in [0.717, 1.165) is 33.5 Å². The van der Waals surface area contributed by atoms with Crippen LogP contribution in [0, 0.1) is 0 Å². The summed E-state index contributed by atoms with van der Waals surface area (Å²) < 4.78 is 42.2. The van der Waals surface area contributed by atoms with Gasteiger partial charge in [0.25, 0.3) is 10.0 Å². The first kappa shape index (κ1) is 20.7. The van der Waals surface area contributed by atoms with Crippen LogP contribution in [0.3, 0.4) is 0 Å². The lowest BCUT2D eigenvalue weighted by molar-refractivity contribution is -0.129. The zero-order valence-electron chi connectivity index (χ0n) is 16.2. The van der Waals surface area contributed by atoms with Gasteiger partial charge in [0.2, 0.25) is 5.91 Å². The number of amides is 1. The lowest BCUT2D eigenvalue weighted by atomic mass is 10.0. The largest absolute Gasteiger partial charge is 0.462 e. The molecule has 1 aromatic carbocycles. The van der Waals surface area contributed by atoms with E-state index in [2.05, 4.69) is 13.5 Å². The van der Waals surface area contributed by atoms with Crippen LogP contribution in [-0.2, 0) is 32.5 Å². The Balaban J connectivity index is 1.77. The van der Waals surface area contributed by atoms with Crippen molar-refractivity contribution in [3.05, 3.63) is 34.2 Å². The predicted molar refractivity (Wildman–Crippen MR) is 113 cm³/mol. The second-order valence-corrected chi connectivity index (χ2v) is 9.90. The van der Waals surface area contributed by atoms with Crippen LogP contribution in [0.4, 0.5) is 5.00 Å². The van der Waals surface area contributed by atoms with Crippen molar-refractivity contribution >= 4 is 61.0 Å². The molecule has 0 fully saturated rings. The highest BCUT2D eigenvalue weighted by molar-refractivity contribution is 7.93. The molecule has 1 amide bonds. The molecule has 158 valence electrons. The van der Waals surface area contributed by atoms with E-state index < -0.39 is 16.0 Å². The maximum Gasteiger partial charge on any atom is 0.341 e. The summed E-state index contributed by atoms with van der Waals surface area (Å²) in [6.07, 6.45) is 0.451. The van der Waals surface area contributed by atoms with Gasteiger partial charge in [-0.05, 0) is 31.0 Å². The van der Waals surface area contributed by atoms with Crippen molar-refractivity contribution in [1.82, 2.24) is 13.6 Å². The number of carbonyl (C=O) groups excluding carboxylic acids is 2. The zero-order chi connectivity index (χ0) is 21.5. The number of nitrogens with one attached hydrogen (secondary N) is 1. The van der Waals surface area contributed by atoms with Gasteiger partial charge >= 0.3 is 5.97 Å². The molecule has 30 heavy (non-hydrogen) atoms. The molecule has 0 atom stereocenters. The Morgan fingerprint density at radius 1 is 1.30 bits per heavy atom. The van der Waals surface area contributed by atoms with E-state index in [4.69, 9.17) is 4.74 Å². The molecule has 0 saturated heterocycles. The number of fused-ring (bicyclic) bond motifs is 2. The minimum Gasteiger partial charge on any atom is -0.462 e. The van der Waals surface area contributed by atoms with Gasteiger partial charge in [0.05, 0.1) is 30.4 Å². The number of hydrogen-bond donors (Lipinski definition) is 1. The number of ether oxygens (including phenoxy) is 1. The number of sulfonamides is 1. The van der Waals surface area contributed by atoms with Gasteiger partial charge in [-0.25, -0.2) is 13.2 Å². The van der Waals surface area contributed by atoms with Gasteiger partial charge in [-0.15, -0.1) is 11.3 Å². The summed E-state index contributed by atoms with van der Waals surface area (Å²) >= 11 is 2.08. The highest BCUT2D eigenvalue weighted by Crippen LogP contribution is 2.39. The molecule has 4 rings (SSSR count). The highest BCUT2D eigenvalue weighted by atomic mass is 32.2. The standard InChI is InChI=1S/C18H18N4O5S3/c1-3-27-18(24)15-11-7-8-22(10(2)23)9-13(11)28-17(15)21-30(25,26)14-6-4-5-12-16(14)20-29-19-12/h4-6,21H,3,7-9H2,1-2H3. The summed E-state index contributed by atoms with van der Waals surface area (Å²) in [5.41, 5.74) is 1.70. The highest BCUT2D eigenvalue weighted by Gasteiger charge is 2.32. The third kappa shape index (κ3) is 3.66. The minimum atomic E-state index is -4.03. The number of anilines is 1. The van der Waals surface area contributed by atoms with Crippen LogP contribution in [0.2, 0.25) is 0 Å². The molecule has 0 bridgehead atoms. The number of nitrogens with zero attached hydrogens (tertiary/aromatic N) is 3. The fourth-order valence-corrected chi connectivity index (χ4v) is 6.66. The van der Waals surface area contributed by atoms with Gasteiger partial charge < -0.3 is 9.64 Å². The van der Waals surface area contributed by atoms with Crippen molar-refractivity contribution < 1.29 is 22.7 Å². The van der Waals surface area contributed by atoms with E-state index in [0.29, 0.717) is 25.0 Å². The molecule has 9 nitrogen and oxygen atoms in total. The van der Waals surface area contributed by atoms with Crippen molar-refractivity contribution in [2.45, 2.75) is 31.7 Å². The van der Waals surface area contributed by atoms with Crippen LogP contribution in [0.5, 0.6) is 0 Å². The molecule has 0 spiro atoms. The van der Waals surface area contributed by atoms with Crippen LogP contribution in [0.15, 0.2) is 23.1 Å². The number of rotatable bonds is 5. The number of esters is 1. The Bertz CT molecular complexity index is 1250. The second-order valence-electron chi connectivity index (χ2n) is 6.61. The first-order valence-corrected chi connectivity index (χ1v) is 12.2. The summed E-state index contributed by atoms with van der Waals surface area (Å²) in [6.45, 7) is 4.13. The smallest absolute Gasteiger partial charge is 0.341 e. The van der Waals surface area contributed by atoms with Gasteiger partial charge in [-0.1, -0.05) is 6.07 Å². The lowest BCUT2D eigenvalue weighted by Crippen LogP contribution is -2.34. The van der Waals surface area contributed by atoms with Gasteiger partial charge in [0, 0.05) is 18.3 Å². The van der Waals surface area contributed by atoms with Crippen molar-refractivity contribution in [3.63, 3.8) is 0 Å². The first-order chi connectivity index (χ1) is 14.3. The van der Waals surface area contributed by atoms with E-state index >= 15 is 0 Å². The number of carbonyl (C=O) groups is 2. The molecule has 12 heteroatoms. The van der Waals surface area contributed by atoms with Gasteiger partial charge in [0.1, 0.15) is 20.9 Å². The molecular weight excluding hydrogens is 448 g/mol. The number of hydrogen-bond acceptors (Lipinski definition) is 9. The third-order valence-electron chi connectivity index (χ3n) is 4.75. The van der Waals surface area contributed by atoms with Crippen LogP contribution in [0.1, 0.15) is 34.6 Å². The van der Waals surface area contributed by atoms with Gasteiger partial charge in [0.15, 0.2) is 0 Å². The average molecular weight is 467 g/mol. The maximum absolute atomic E-state index is 13.1. The second kappa shape index (κ2) is 7.93. The first-order valence-electron chi connectivity index (χ1n) is 9.13. The quantitative estimate of drug-likeness (QED) is 0.574. The molecule has 0 radical (unpaired) electrons. The van der Waals surface area contributed by atoms with Crippen LogP contribution in [-0.4, -0.2) is 47.1 Å². The monoisotopic (exact) mass is 466 g/mol. The van der Waals surface area contributed by atoms with E-state index in [-0.39, 0.29) is 33.5 Å². The molecule has 0 saturated carbocycles. The number of thiophene rings is 1. The van der Waals surface area contributed by atoms with Crippen LogP contribution >= 0.6 is 23.1 Å². The fourth-order valence-electron chi connectivity index (χ4n) is 3.34. The Morgan fingerprint density at radius 3 is 2.83 bits per heavy atom. The molecule has 1 aliphatic rings. The fraction of sp³-hybridized carbons (Fsp3) is 0.333. The molecule has 1 aliphatic heterocycles. The molecular formula is C18H18N4O5S3. The van der Waals surface area contributed by atoms with Crippen LogP contribution in [0.25, 0.3) is 11.0 Å². The minimum absolute atomic E-state index is 0.0136. The van der Waals surface area contributed by atoms with E-state index in [1.807, 2.05) is 0 Å². The van der Waals surface area contributed by atoms with E-state index in [1.165, 1.54) is 13.0 Å². The number of benzene rings is 1. The van der Waals surface area contributed by atoms with Crippen molar-refractivity contribution in [3.8, 4) is 0 Å². The van der Waals surface area contributed by atoms with Crippen molar-refractivity contribution in [1.29, 1.82) is 0 Å². The molecule has 3 aromatic rings. The predicted octanol–water partition coefficient (Wildman–Crippen LogP) is 2.63. The van der Waals surface area contributed by atoms with Crippen LogP contribution < -0.4 is 4.72 Å². The zero-order valence-corrected chi connectivity index (χ0v) is 18.6. The van der Waals surface area contributed by atoms with Crippen molar-refractivity contribution in [2.24, 2.45) is 0 Å². The summed E-state index contributed by atoms with van der Waals surface area (Å²) in [4.78, 5) is 26.8. The van der Waals surface area contributed by atoms with E-state index in [1.54, 1.807) is 24.0 Å². The molecule has 0 aliphatic carbocycles. The molecule has 1 N–H and O–H groups in total. The summed E-state index contributed by atoms with van der Waals surface area (Å²) in [6, 6.07) is 4.72. The number of aromatic nitrogens is 2. The lowest BCUT2D eigenvalue weighted by Gasteiger charge is -2.25. The van der Waals surface area contributed by atoms with Crippen molar-refractivity contribution in [2.75, 3.05) is 17.9 Å². The normalized spacial score (nSPS) is 13.9.